The fraction of sp³-hybridized carbons (Fsp3) is 0. The smallest absolute Gasteiger partial charge is 0.147 e. The van der Waals surface area contributed by atoms with E-state index in [1.54, 1.807) is 0 Å². The summed E-state index contributed by atoms with van der Waals surface area (Å²) in [4.78, 5) is 9.47. The molecule has 0 N–H and O–H groups in total. The highest BCUT2D eigenvalue weighted by Crippen LogP contribution is 2.41. The second-order valence-corrected chi connectivity index (χ2v) is 8.72. The van der Waals surface area contributed by atoms with Gasteiger partial charge >= 0.3 is 0 Å². The van der Waals surface area contributed by atoms with E-state index in [2.05, 4.69) is 111 Å². The van der Waals surface area contributed by atoms with Gasteiger partial charge in [0.05, 0.1) is 28.3 Å². The lowest BCUT2D eigenvalue weighted by Gasteiger charge is -2.11. The molecule has 0 atom stereocenters. The minimum atomic E-state index is 0.906. The fourth-order valence-electron chi connectivity index (χ4n) is 5.61. The first-order valence-corrected chi connectivity index (χ1v) is 11.4. The monoisotopic (exact) mass is 434 g/mol. The molecule has 0 amide bonds. The third-order valence-corrected chi connectivity index (χ3v) is 6.97. The molecular weight excluding hydrogens is 416 g/mol. The summed E-state index contributed by atoms with van der Waals surface area (Å²) in [6.45, 7) is 0. The standard InChI is InChI=1S/C30H18N4/c1-2-8-19(9-3-1)33-25-13-7-5-11-22(25)28-27(33)15-14-21-20-10-4-6-12-24(20)34-26-16-17-31-18-23(26)32-30(34)29(21)28/h1-18H. The molecule has 4 nitrogen and oxygen atoms in total. The van der Waals surface area contributed by atoms with Crippen LogP contribution < -0.4 is 0 Å². The lowest BCUT2D eigenvalue weighted by Crippen LogP contribution is -1.94. The minimum Gasteiger partial charge on any atom is -0.309 e. The highest BCUT2D eigenvalue weighted by atomic mass is 15.0. The predicted octanol–water partition coefficient (Wildman–Crippen LogP) is 7.29. The van der Waals surface area contributed by atoms with Gasteiger partial charge in [-0.05, 0) is 41.8 Å². The molecule has 4 aromatic carbocycles. The van der Waals surface area contributed by atoms with Crippen LogP contribution >= 0.6 is 0 Å². The Hall–Kier alpha value is -4.70. The maximum atomic E-state index is 5.12. The number of rotatable bonds is 1. The zero-order valence-electron chi connectivity index (χ0n) is 18.2. The van der Waals surface area contributed by atoms with Gasteiger partial charge in [0, 0.05) is 33.4 Å². The molecule has 0 aliphatic heterocycles. The van der Waals surface area contributed by atoms with Crippen LogP contribution in [0.4, 0.5) is 0 Å². The molecule has 4 heterocycles. The van der Waals surface area contributed by atoms with E-state index < -0.39 is 0 Å². The van der Waals surface area contributed by atoms with Gasteiger partial charge in [-0.25, -0.2) is 4.98 Å². The molecule has 8 aromatic rings. The third-order valence-electron chi connectivity index (χ3n) is 6.97. The molecule has 8 rings (SSSR count). The van der Waals surface area contributed by atoms with Crippen molar-refractivity contribution in [2.45, 2.75) is 0 Å². The van der Waals surface area contributed by atoms with E-state index in [0.29, 0.717) is 0 Å². The van der Waals surface area contributed by atoms with Crippen molar-refractivity contribution in [2.75, 3.05) is 0 Å². The van der Waals surface area contributed by atoms with Crippen molar-refractivity contribution in [3.63, 3.8) is 0 Å². The first-order valence-electron chi connectivity index (χ1n) is 11.4. The Balaban J connectivity index is 1.73. The average Bonchev–Trinajstić information content (AvgIpc) is 3.45. The van der Waals surface area contributed by atoms with Gasteiger partial charge < -0.3 is 4.57 Å². The van der Waals surface area contributed by atoms with Gasteiger partial charge in [-0.2, -0.15) is 0 Å². The van der Waals surface area contributed by atoms with Crippen LogP contribution in [-0.2, 0) is 0 Å². The van der Waals surface area contributed by atoms with E-state index in [1.165, 1.54) is 38.0 Å². The van der Waals surface area contributed by atoms with Crippen LogP contribution in [-0.4, -0.2) is 18.9 Å². The molecule has 0 saturated heterocycles. The number of aromatic nitrogens is 4. The number of fused-ring (bicyclic) bond motifs is 12. The Bertz CT molecular complexity index is 2060. The van der Waals surface area contributed by atoms with Gasteiger partial charge in [0.2, 0.25) is 0 Å². The van der Waals surface area contributed by atoms with Gasteiger partial charge in [-0.3, -0.25) is 9.38 Å². The van der Waals surface area contributed by atoms with Crippen molar-refractivity contribution in [2.24, 2.45) is 0 Å². The minimum absolute atomic E-state index is 0.906. The quantitative estimate of drug-likeness (QED) is 0.254. The zero-order valence-corrected chi connectivity index (χ0v) is 18.2. The molecule has 0 radical (unpaired) electrons. The Morgan fingerprint density at radius 1 is 0.529 bits per heavy atom. The van der Waals surface area contributed by atoms with Crippen molar-refractivity contribution in [1.82, 2.24) is 18.9 Å². The maximum Gasteiger partial charge on any atom is 0.147 e. The van der Waals surface area contributed by atoms with Gasteiger partial charge in [-0.1, -0.05) is 60.7 Å². The number of benzene rings is 4. The van der Waals surface area contributed by atoms with Crippen LogP contribution in [0.2, 0.25) is 0 Å². The first kappa shape index (κ1) is 17.8. The van der Waals surface area contributed by atoms with Crippen molar-refractivity contribution in [1.29, 1.82) is 0 Å². The van der Waals surface area contributed by atoms with Crippen LogP contribution in [0.5, 0.6) is 0 Å². The van der Waals surface area contributed by atoms with E-state index in [9.17, 15) is 0 Å². The molecule has 0 spiro atoms. The van der Waals surface area contributed by atoms with E-state index in [-0.39, 0.29) is 0 Å². The summed E-state index contributed by atoms with van der Waals surface area (Å²) >= 11 is 0. The Morgan fingerprint density at radius 2 is 1.29 bits per heavy atom. The summed E-state index contributed by atoms with van der Waals surface area (Å²) in [7, 11) is 0. The molecule has 0 aliphatic rings. The third kappa shape index (κ3) is 2.17. The SMILES string of the molecule is c1ccc(-n2c3ccccc3c3c4c(ccc32)c2ccccc2n2c3ccncc3nc42)cc1. The summed E-state index contributed by atoms with van der Waals surface area (Å²) < 4.78 is 4.66. The lowest BCUT2D eigenvalue weighted by molar-refractivity contribution is 1.18. The second kappa shape index (κ2) is 6.42. The van der Waals surface area contributed by atoms with E-state index in [0.717, 1.165) is 27.9 Å². The van der Waals surface area contributed by atoms with Gasteiger partial charge in [0.1, 0.15) is 11.2 Å². The predicted molar refractivity (Wildman–Crippen MR) is 140 cm³/mol. The molecule has 4 heteroatoms. The summed E-state index contributed by atoms with van der Waals surface area (Å²) in [6, 6.07) is 34.5. The van der Waals surface area contributed by atoms with Crippen molar-refractivity contribution >= 4 is 60.2 Å². The normalized spacial score (nSPS) is 12.1. The molecule has 0 bridgehead atoms. The van der Waals surface area contributed by atoms with Crippen LogP contribution in [0, 0.1) is 0 Å². The fourth-order valence-corrected chi connectivity index (χ4v) is 5.61. The summed E-state index contributed by atoms with van der Waals surface area (Å²) in [6.07, 6.45) is 3.70. The van der Waals surface area contributed by atoms with E-state index in [4.69, 9.17) is 4.98 Å². The van der Waals surface area contributed by atoms with Crippen molar-refractivity contribution < 1.29 is 0 Å². The van der Waals surface area contributed by atoms with Crippen LogP contribution in [0.15, 0.2) is 109 Å². The maximum absolute atomic E-state index is 5.12. The molecule has 4 aromatic heterocycles. The van der Waals surface area contributed by atoms with Gasteiger partial charge in [0.25, 0.3) is 0 Å². The Morgan fingerprint density at radius 3 is 2.18 bits per heavy atom. The lowest BCUT2D eigenvalue weighted by atomic mass is 10.0. The number of para-hydroxylation sites is 3. The van der Waals surface area contributed by atoms with Crippen LogP contribution in [0.25, 0.3) is 65.8 Å². The first-order chi connectivity index (χ1) is 16.9. The van der Waals surface area contributed by atoms with Crippen molar-refractivity contribution in [3.8, 4) is 5.69 Å². The zero-order chi connectivity index (χ0) is 22.2. The summed E-state index contributed by atoms with van der Waals surface area (Å²) in [5.74, 6) is 0. The summed E-state index contributed by atoms with van der Waals surface area (Å²) in [5, 5.41) is 6.08. The number of imidazole rings is 1. The van der Waals surface area contributed by atoms with Crippen molar-refractivity contribution in [3.05, 3.63) is 109 Å². The highest BCUT2D eigenvalue weighted by Gasteiger charge is 2.20. The Labute approximate surface area is 194 Å². The van der Waals surface area contributed by atoms with Gasteiger partial charge in [-0.15, -0.1) is 0 Å². The molecule has 0 aliphatic carbocycles. The van der Waals surface area contributed by atoms with Crippen LogP contribution in [0.1, 0.15) is 0 Å². The molecule has 158 valence electrons. The average molecular weight is 435 g/mol. The Kier molecular flexibility index (Phi) is 3.36. The highest BCUT2D eigenvalue weighted by molar-refractivity contribution is 6.29. The van der Waals surface area contributed by atoms with E-state index in [1.807, 2.05) is 12.4 Å². The summed E-state index contributed by atoms with van der Waals surface area (Å²) in [5.41, 5.74) is 7.64. The number of nitrogens with zero attached hydrogens (tertiary/aromatic N) is 4. The molecular formula is C30H18N4. The molecule has 0 saturated carbocycles. The topological polar surface area (TPSA) is 35.1 Å². The molecule has 0 unspecified atom stereocenters. The van der Waals surface area contributed by atoms with Gasteiger partial charge in [0.15, 0.2) is 0 Å². The largest absolute Gasteiger partial charge is 0.309 e. The number of pyridine rings is 2. The second-order valence-electron chi connectivity index (χ2n) is 8.72. The number of hydrogen-bond acceptors (Lipinski definition) is 2. The van der Waals surface area contributed by atoms with E-state index >= 15 is 0 Å². The number of hydrogen-bond donors (Lipinski definition) is 0. The molecule has 34 heavy (non-hydrogen) atoms. The molecule has 0 fully saturated rings. The van der Waals surface area contributed by atoms with Crippen LogP contribution in [0.3, 0.4) is 0 Å².